The third-order valence-corrected chi connectivity index (χ3v) is 2.15. The number of halogens is 2. The summed E-state index contributed by atoms with van der Waals surface area (Å²) in [4.78, 5) is 11.2. The molecule has 0 aliphatic carbocycles. The molecule has 0 amide bonds. The number of esters is 1. The average molecular weight is 229 g/mol. The smallest absolute Gasteiger partial charge is 0.328 e. The fourth-order valence-electron chi connectivity index (χ4n) is 1.26. The van der Waals surface area contributed by atoms with Gasteiger partial charge in [0.2, 0.25) is 0 Å². The molecular formula is C11H13F2NO2. The number of nitrogens with one attached hydrogen (secondary N) is 1. The summed E-state index contributed by atoms with van der Waals surface area (Å²) in [5, 5.41) is 2.66. The average Bonchev–Trinajstić information content (AvgIpc) is 2.27. The molecule has 1 N–H and O–H groups in total. The Bertz CT molecular complexity index is 382. The van der Waals surface area contributed by atoms with Crippen LogP contribution in [-0.2, 0) is 9.53 Å². The lowest BCUT2D eigenvalue weighted by molar-refractivity contribution is -0.141. The number of ether oxygens (including phenoxy) is 1. The van der Waals surface area contributed by atoms with Gasteiger partial charge in [0.05, 0.1) is 12.8 Å². The summed E-state index contributed by atoms with van der Waals surface area (Å²) in [6.07, 6.45) is 0.448. The van der Waals surface area contributed by atoms with E-state index >= 15 is 0 Å². The number of methoxy groups -OCH3 is 1. The van der Waals surface area contributed by atoms with Crippen LogP contribution >= 0.6 is 0 Å². The van der Waals surface area contributed by atoms with E-state index in [1.807, 2.05) is 0 Å². The first-order valence-corrected chi connectivity index (χ1v) is 4.88. The van der Waals surface area contributed by atoms with Gasteiger partial charge >= 0.3 is 5.97 Å². The second kappa shape index (κ2) is 5.44. The zero-order valence-corrected chi connectivity index (χ0v) is 9.09. The summed E-state index contributed by atoms with van der Waals surface area (Å²) in [5.41, 5.74) is 0.0821. The van der Waals surface area contributed by atoms with Crippen LogP contribution in [0.15, 0.2) is 18.2 Å². The molecule has 0 bridgehead atoms. The van der Waals surface area contributed by atoms with Crippen molar-refractivity contribution in [3.63, 3.8) is 0 Å². The van der Waals surface area contributed by atoms with Crippen LogP contribution in [0.25, 0.3) is 0 Å². The lowest BCUT2D eigenvalue weighted by atomic mass is 10.2. The van der Waals surface area contributed by atoms with E-state index in [0.717, 1.165) is 12.1 Å². The third kappa shape index (κ3) is 2.92. The largest absolute Gasteiger partial charge is 0.467 e. The Labute approximate surface area is 92.4 Å². The minimum absolute atomic E-state index is 0.0821. The van der Waals surface area contributed by atoms with Crippen molar-refractivity contribution in [2.45, 2.75) is 19.4 Å². The van der Waals surface area contributed by atoms with Crippen molar-refractivity contribution in [3.05, 3.63) is 29.8 Å². The molecule has 16 heavy (non-hydrogen) atoms. The number of carbonyl (C=O) groups is 1. The van der Waals surface area contributed by atoms with Gasteiger partial charge in [0.15, 0.2) is 0 Å². The summed E-state index contributed by atoms with van der Waals surface area (Å²) in [6, 6.07) is 2.49. The SMILES string of the molecule is CCC(Nc1ccc(F)cc1F)C(=O)OC. The van der Waals surface area contributed by atoms with Gasteiger partial charge in [-0.1, -0.05) is 6.92 Å². The molecule has 0 fully saturated rings. The molecule has 0 saturated carbocycles. The van der Waals surface area contributed by atoms with Gasteiger partial charge in [0.1, 0.15) is 17.7 Å². The Morgan fingerprint density at radius 2 is 2.19 bits per heavy atom. The van der Waals surface area contributed by atoms with Crippen LogP contribution in [0.5, 0.6) is 0 Å². The van der Waals surface area contributed by atoms with E-state index in [-0.39, 0.29) is 5.69 Å². The molecule has 0 saturated heterocycles. The van der Waals surface area contributed by atoms with Crippen LogP contribution in [0.3, 0.4) is 0 Å². The summed E-state index contributed by atoms with van der Waals surface area (Å²) in [6.45, 7) is 1.76. The molecular weight excluding hydrogens is 216 g/mol. The summed E-state index contributed by atoms with van der Waals surface area (Å²) < 4.78 is 30.4. The van der Waals surface area contributed by atoms with Gasteiger partial charge in [0.25, 0.3) is 0 Å². The van der Waals surface area contributed by atoms with Gasteiger partial charge in [-0.15, -0.1) is 0 Å². The van der Waals surface area contributed by atoms with Crippen molar-refractivity contribution in [3.8, 4) is 0 Å². The zero-order valence-electron chi connectivity index (χ0n) is 9.09. The van der Waals surface area contributed by atoms with Crippen LogP contribution in [0.2, 0.25) is 0 Å². The highest BCUT2D eigenvalue weighted by Gasteiger charge is 2.17. The van der Waals surface area contributed by atoms with Crippen LogP contribution in [0.1, 0.15) is 13.3 Å². The summed E-state index contributed by atoms with van der Waals surface area (Å²) in [7, 11) is 1.26. The Morgan fingerprint density at radius 1 is 1.50 bits per heavy atom. The van der Waals surface area contributed by atoms with Gasteiger partial charge < -0.3 is 10.1 Å². The van der Waals surface area contributed by atoms with E-state index in [4.69, 9.17) is 0 Å². The predicted octanol–water partition coefficient (Wildman–Crippen LogP) is 2.33. The van der Waals surface area contributed by atoms with Crippen molar-refractivity contribution in [2.24, 2.45) is 0 Å². The van der Waals surface area contributed by atoms with Crippen LogP contribution < -0.4 is 5.32 Å². The Morgan fingerprint density at radius 3 is 2.69 bits per heavy atom. The Hall–Kier alpha value is -1.65. The molecule has 0 aromatic heterocycles. The fraction of sp³-hybridized carbons (Fsp3) is 0.364. The zero-order chi connectivity index (χ0) is 12.1. The Kier molecular flexibility index (Phi) is 4.22. The molecule has 1 aromatic rings. The van der Waals surface area contributed by atoms with Crippen LogP contribution in [0, 0.1) is 11.6 Å². The molecule has 1 unspecified atom stereocenters. The summed E-state index contributed by atoms with van der Waals surface area (Å²) in [5.74, 6) is -1.87. The first-order chi connectivity index (χ1) is 7.58. The molecule has 0 aliphatic rings. The molecule has 0 spiro atoms. The first-order valence-electron chi connectivity index (χ1n) is 4.88. The normalized spacial score (nSPS) is 12.0. The van der Waals surface area contributed by atoms with Crippen LogP contribution in [-0.4, -0.2) is 19.1 Å². The second-order valence-electron chi connectivity index (χ2n) is 3.25. The molecule has 5 heteroatoms. The molecule has 88 valence electrons. The van der Waals surface area contributed by atoms with E-state index in [1.54, 1.807) is 6.92 Å². The highest BCUT2D eigenvalue weighted by Crippen LogP contribution is 2.17. The van der Waals surface area contributed by atoms with E-state index in [0.29, 0.717) is 6.42 Å². The molecule has 1 rings (SSSR count). The quantitative estimate of drug-likeness (QED) is 0.805. The minimum atomic E-state index is -0.734. The van der Waals surface area contributed by atoms with Crippen molar-refractivity contribution in [1.82, 2.24) is 0 Å². The fourth-order valence-corrected chi connectivity index (χ4v) is 1.26. The third-order valence-electron chi connectivity index (χ3n) is 2.15. The highest BCUT2D eigenvalue weighted by atomic mass is 19.1. The second-order valence-corrected chi connectivity index (χ2v) is 3.25. The van der Waals surface area contributed by atoms with E-state index in [9.17, 15) is 13.6 Å². The number of benzene rings is 1. The maximum absolute atomic E-state index is 13.3. The maximum atomic E-state index is 13.3. The predicted molar refractivity (Wildman–Crippen MR) is 56.1 cm³/mol. The van der Waals surface area contributed by atoms with Crippen molar-refractivity contribution in [2.75, 3.05) is 12.4 Å². The molecule has 1 aromatic carbocycles. The van der Waals surface area contributed by atoms with E-state index in [2.05, 4.69) is 10.1 Å². The molecule has 0 aliphatic heterocycles. The van der Waals surface area contributed by atoms with Gasteiger partial charge in [0, 0.05) is 6.07 Å². The minimum Gasteiger partial charge on any atom is -0.467 e. The monoisotopic (exact) mass is 229 g/mol. The number of anilines is 1. The van der Waals surface area contributed by atoms with Gasteiger partial charge in [-0.25, -0.2) is 13.6 Å². The van der Waals surface area contributed by atoms with Crippen molar-refractivity contribution in [1.29, 1.82) is 0 Å². The standard InChI is InChI=1S/C11H13F2NO2/c1-3-9(11(15)16-2)14-10-5-4-7(12)6-8(10)13/h4-6,9,14H,3H2,1-2H3. The van der Waals surface area contributed by atoms with E-state index < -0.39 is 23.6 Å². The van der Waals surface area contributed by atoms with Gasteiger partial charge in [-0.05, 0) is 18.6 Å². The van der Waals surface area contributed by atoms with E-state index in [1.165, 1.54) is 13.2 Å². The topological polar surface area (TPSA) is 38.3 Å². The molecule has 3 nitrogen and oxygen atoms in total. The number of carbonyl (C=O) groups excluding carboxylic acids is 1. The molecule has 1 atom stereocenters. The lowest BCUT2D eigenvalue weighted by Crippen LogP contribution is -2.30. The molecule has 0 radical (unpaired) electrons. The van der Waals surface area contributed by atoms with Gasteiger partial charge in [-0.2, -0.15) is 0 Å². The maximum Gasteiger partial charge on any atom is 0.328 e. The number of rotatable bonds is 4. The molecule has 0 heterocycles. The van der Waals surface area contributed by atoms with Crippen LogP contribution in [0.4, 0.5) is 14.5 Å². The van der Waals surface area contributed by atoms with Crippen molar-refractivity contribution >= 4 is 11.7 Å². The number of hydrogen-bond acceptors (Lipinski definition) is 3. The Balaban J connectivity index is 2.82. The first kappa shape index (κ1) is 12.4. The summed E-state index contributed by atoms with van der Waals surface area (Å²) >= 11 is 0. The lowest BCUT2D eigenvalue weighted by Gasteiger charge is -2.16. The number of hydrogen-bond donors (Lipinski definition) is 1. The van der Waals surface area contributed by atoms with Crippen molar-refractivity contribution < 1.29 is 18.3 Å². The van der Waals surface area contributed by atoms with Gasteiger partial charge in [-0.3, -0.25) is 0 Å². The highest BCUT2D eigenvalue weighted by molar-refractivity contribution is 5.79.